The van der Waals surface area contributed by atoms with Gasteiger partial charge in [0.1, 0.15) is 23.6 Å². The zero-order valence-corrected chi connectivity index (χ0v) is 15.8. The number of amides is 1. The molecule has 1 atom stereocenters. The van der Waals surface area contributed by atoms with Gasteiger partial charge in [-0.1, -0.05) is 12.1 Å². The van der Waals surface area contributed by atoms with Crippen LogP contribution in [0.2, 0.25) is 0 Å². The van der Waals surface area contributed by atoms with Crippen LogP contribution >= 0.6 is 0 Å². The molecule has 1 amide bonds. The molecule has 0 fully saturated rings. The van der Waals surface area contributed by atoms with E-state index in [-0.39, 0.29) is 18.2 Å². The number of phenols is 1. The predicted octanol–water partition coefficient (Wildman–Crippen LogP) is 1.55. The van der Waals surface area contributed by atoms with Crippen molar-refractivity contribution in [3.8, 4) is 11.5 Å². The lowest BCUT2D eigenvalue weighted by atomic mass is 10.1. The van der Waals surface area contributed by atoms with Gasteiger partial charge in [0, 0.05) is 23.1 Å². The van der Waals surface area contributed by atoms with Crippen molar-refractivity contribution in [1.82, 2.24) is 0 Å². The van der Waals surface area contributed by atoms with Crippen LogP contribution in [0, 0.1) is 0 Å². The highest BCUT2D eigenvalue weighted by Gasteiger charge is 2.17. The van der Waals surface area contributed by atoms with Gasteiger partial charge in [0.15, 0.2) is 6.54 Å². The molecule has 1 aromatic heterocycles. The van der Waals surface area contributed by atoms with Crippen molar-refractivity contribution >= 4 is 22.6 Å². The summed E-state index contributed by atoms with van der Waals surface area (Å²) < 4.78 is 10.4. The van der Waals surface area contributed by atoms with E-state index in [9.17, 15) is 14.7 Å². The van der Waals surface area contributed by atoms with Gasteiger partial charge in [-0.2, -0.15) is 0 Å². The average Bonchev–Trinajstić information content (AvgIpc) is 2.67. The lowest BCUT2D eigenvalue weighted by Crippen LogP contribution is -3.11. The summed E-state index contributed by atoms with van der Waals surface area (Å²) in [6, 6.07) is 13.3. The minimum atomic E-state index is -0.484. The molecule has 0 aliphatic rings. The number of aromatic hydroxyl groups is 1. The molecule has 0 aliphatic heterocycles. The number of methoxy groups -OCH3 is 1. The average molecular weight is 383 g/mol. The van der Waals surface area contributed by atoms with E-state index in [1.807, 2.05) is 19.1 Å². The SMILES string of the molecule is CC[NH+](CC(=O)Nc1ccccc1OC)Cc1cc(=O)oc2cc(O)ccc12. The molecule has 3 aromatic rings. The molecule has 7 heteroatoms. The van der Waals surface area contributed by atoms with E-state index in [0.717, 1.165) is 15.8 Å². The van der Waals surface area contributed by atoms with Crippen molar-refractivity contribution in [2.24, 2.45) is 0 Å². The fourth-order valence-electron chi connectivity index (χ4n) is 3.12. The molecular formula is C21H23N2O5+. The number of para-hydroxylation sites is 2. The summed E-state index contributed by atoms with van der Waals surface area (Å²) in [7, 11) is 1.55. The Hall–Kier alpha value is -3.32. The van der Waals surface area contributed by atoms with Crippen LogP contribution in [0.15, 0.2) is 57.7 Å². The molecule has 3 N–H and O–H groups in total. The second-order valence-electron chi connectivity index (χ2n) is 6.48. The van der Waals surface area contributed by atoms with Crippen molar-refractivity contribution < 1.29 is 24.0 Å². The Labute approximate surface area is 162 Å². The molecule has 0 saturated heterocycles. The monoisotopic (exact) mass is 383 g/mol. The molecule has 0 spiro atoms. The Bertz CT molecular complexity index is 1040. The standard InChI is InChI=1S/C21H22N2O5/c1-3-23(13-20(25)22-17-6-4-5-7-18(17)27-2)12-14-10-21(26)28-19-11-15(24)8-9-16(14)19/h4-11,24H,3,12-13H2,1-2H3,(H,22,25)/p+1. The molecule has 0 bridgehead atoms. The first-order chi connectivity index (χ1) is 13.5. The number of benzene rings is 2. The summed E-state index contributed by atoms with van der Waals surface area (Å²) >= 11 is 0. The number of nitrogens with one attached hydrogen (secondary N) is 2. The van der Waals surface area contributed by atoms with Crippen molar-refractivity contribution in [1.29, 1.82) is 0 Å². The van der Waals surface area contributed by atoms with Crippen molar-refractivity contribution in [2.45, 2.75) is 13.5 Å². The van der Waals surface area contributed by atoms with Gasteiger partial charge < -0.3 is 24.5 Å². The lowest BCUT2D eigenvalue weighted by Gasteiger charge is -2.18. The number of carbonyl (C=O) groups is 1. The normalized spacial score (nSPS) is 11.9. The third-order valence-corrected chi connectivity index (χ3v) is 4.55. The van der Waals surface area contributed by atoms with Crippen LogP contribution in [-0.4, -0.2) is 31.2 Å². The van der Waals surface area contributed by atoms with Gasteiger partial charge in [-0.05, 0) is 31.2 Å². The Morgan fingerprint density at radius 3 is 2.75 bits per heavy atom. The number of quaternary nitrogens is 1. The number of hydrogen-bond acceptors (Lipinski definition) is 5. The smallest absolute Gasteiger partial charge is 0.336 e. The second kappa shape index (κ2) is 8.58. The van der Waals surface area contributed by atoms with Gasteiger partial charge >= 0.3 is 5.63 Å². The largest absolute Gasteiger partial charge is 0.508 e. The van der Waals surface area contributed by atoms with Crippen LogP contribution < -0.4 is 20.6 Å². The number of hydrogen-bond donors (Lipinski definition) is 3. The van der Waals surface area contributed by atoms with E-state index in [2.05, 4.69) is 5.32 Å². The van der Waals surface area contributed by atoms with Gasteiger partial charge in [-0.25, -0.2) is 4.79 Å². The fraction of sp³-hybridized carbons (Fsp3) is 0.238. The highest BCUT2D eigenvalue weighted by Crippen LogP contribution is 2.23. The molecule has 0 radical (unpaired) electrons. The molecular weight excluding hydrogens is 360 g/mol. The molecule has 0 saturated carbocycles. The molecule has 1 unspecified atom stereocenters. The third kappa shape index (κ3) is 4.50. The van der Waals surface area contributed by atoms with E-state index >= 15 is 0 Å². The lowest BCUT2D eigenvalue weighted by molar-refractivity contribution is -0.903. The molecule has 146 valence electrons. The zero-order chi connectivity index (χ0) is 20.1. The van der Waals surface area contributed by atoms with Gasteiger partial charge in [-0.15, -0.1) is 0 Å². The summed E-state index contributed by atoms with van der Waals surface area (Å²) in [5, 5.41) is 13.2. The van der Waals surface area contributed by atoms with Crippen LogP contribution in [0.4, 0.5) is 5.69 Å². The van der Waals surface area contributed by atoms with E-state index in [0.29, 0.717) is 30.1 Å². The number of anilines is 1. The molecule has 0 aliphatic carbocycles. The highest BCUT2D eigenvalue weighted by molar-refractivity contribution is 5.93. The molecule has 3 rings (SSSR count). The molecule has 1 heterocycles. The van der Waals surface area contributed by atoms with Gasteiger partial charge in [0.2, 0.25) is 0 Å². The third-order valence-electron chi connectivity index (χ3n) is 4.55. The number of carbonyl (C=O) groups excluding carboxylic acids is 1. The molecule has 2 aromatic carbocycles. The Morgan fingerprint density at radius 1 is 1.21 bits per heavy atom. The summed E-state index contributed by atoms with van der Waals surface area (Å²) in [6.45, 7) is 3.38. The summed E-state index contributed by atoms with van der Waals surface area (Å²) in [6.07, 6.45) is 0. The minimum absolute atomic E-state index is 0.0312. The molecule has 7 nitrogen and oxygen atoms in total. The zero-order valence-electron chi connectivity index (χ0n) is 15.8. The quantitative estimate of drug-likeness (QED) is 0.539. The Kier molecular flexibility index (Phi) is 5.96. The molecule has 28 heavy (non-hydrogen) atoms. The van der Waals surface area contributed by atoms with Crippen molar-refractivity contribution in [3.63, 3.8) is 0 Å². The maximum atomic E-state index is 12.5. The summed E-state index contributed by atoms with van der Waals surface area (Å²) in [5.74, 6) is 0.482. The summed E-state index contributed by atoms with van der Waals surface area (Å²) in [5.41, 5.74) is 1.23. The van der Waals surface area contributed by atoms with Crippen LogP contribution in [0.3, 0.4) is 0 Å². The van der Waals surface area contributed by atoms with Crippen molar-refractivity contribution in [3.05, 3.63) is 64.5 Å². The fourth-order valence-corrected chi connectivity index (χ4v) is 3.12. The summed E-state index contributed by atoms with van der Waals surface area (Å²) in [4.78, 5) is 25.4. The first-order valence-electron chi connectivity index (χ1n) is 9.02. The number of phenolic OH excluding ortho intramolecular Hbond substituents is 1. The maximum Gasteiger partial charge on any atom is 0.336 e. The van der Waals surface area contributed by atoms with Gasteiger partial charge in [0.05, 0.1) is 19.3 Å². The minimum Gasteiger partial charge on any atom is -0.508 e. The van der Waals surface area contributed by atoms with E-state index in [1.54, 1.807) is 31.4 Å². The number of likely N-dealkylation sites (N-methyl/N-ethyl adjacent to an activating group) is 1. The van der Waals surface area contributed by atoms with Gasteiger partial charge in [-0.3, -0.25) is 4.79 Å². The second-order valence-corrected chi connectivity index (χ2v) is 6.48. The van der Waals surface area contributed by atoms with Crippen LogP contribution in [0.5, 0.6) is 11.5 Å². The Balaban J connectivity index is 1.77. The Morgan fingerprint density at radius 2 is 2.00 bits per heavy atom. The first-order valence-corrected chi connectivity index (χ1v) is 9.02. The first kappa shape index (κ1) is 19.4. The maximum absolute atomic E-state index is 12.5. The van der Waals surface area contributed by atoms with Crippen LogP contribution in [0.25, 0.3) is 11.0 Å². The topological polar surface area (TPSA) is 93.2 Å². The van der Waals surface area contributed by atoms with E-state index < -0.39 is 5.63 Å². The highest BCUT2D eigenvalue weighted by atomic mass is 16.5. The van der Waals surface area contributed by atoms with Gasteiger partial charge in [0.25, 0.3) is 5.91 Å². The number of fused-ring (bicyclic) bond motifs is 1. The van der Waals surface area contributed by atoms with E-state index in [1.165, 1.54) is 12.1 Å². The van der Waals surface area contributed by atoms with Crippen LogP contribution in [-0.2, 0) is 11.3 Å². The number of ether oxygens (including phenoxy) is 1. The van der Waals surface area contributed by atoms with E-state index in [4.69, 9.17) is 9.15 Å². The van der Waals surface area contributed by atoms with Crippen molar-refractivity contribution in [2.75, 3.05) is 25.5 Å². The predicted molar refractivity (Wildman–Crippen MR) is 106 cm³/mol. The van der Waals surface area contributed by atoms with Crippen LogP contribution in [0.1, 0.15) is 12.5 Å². The number of rotatable bonds is 7.